The van der Waals surface area contributed by atoms with Crippen molar-refractivity contribution < 1.29 is 18.4 Å². The summed E-state index contributed by atoms with van der Waals surface area (Å²) in [5.41, 5.74) is 3.45. The van der Waals surface area contributed by atoms with E-state index in [-0.39, 0.29) is 11.8 Å². The molecule has 2 aliphatic heterocycles. The molecule has 9 heteroatoms. The van der Waals surface area contributed by atoms with Crippen LogP contribution in [0.1, 0.15) is 28.2 Å². The van der Waals surface area contributed by atoms with E-state index in [9.17, 15) is 18.4 Å². The second kappa shape index (κ2) is 8.31. The highest BCUT2D eigenvalue weighted by Crippen LogP contribution is 2.27. The molecule has 1 aromatic heterocycles. The lowest BCUT2D eigenvalue weighted by Crippen LogP contribution is -2.51. The van der Waals surface area contributed by atoms with E-state index in [1.54, 1.807) is 23.1 Å². The Kier molecular flexibility index (Phi) is 5.34. The number of carbonyl (C=O) groups is 2. The number of amides is 2. The van der Waals surface area contributed by atoms with Gasteiger partial charge >= 0.3 is 0 Å². The maximum Gasteiger partial charge on any atom is 0.295 e. The number of imidazole rings is 1. The Balaban J connectivity index is 1.19. The Morgan fingerprint density at radius 1 is 1.03 bits per heavy atom. The van der Waals surface area contributed by atoms with Crippen LogP contribution in [0.4, 0.5) is 14.5 Å². The molecule has 0 atom stereocenters. The van der Waals surface area contributed by atoms with Gasteiger partial charge in [-0.25, -0.2) is 13.8 Å². The summed E-state index contributed by atoms with van der Waals surface area (Å²) in [5, 5.41) is 0. The Bertz CT molecular complexity index is 1170. The van der Waals surface area contributed by atoms with E-state index < -0.39 is 12.2 Å². The Morgan fingerprint density at radius 3 is 2.59 bits per heavy atom. The highest BCUT2D eigenvalue weighted by molar-refractivity contribution is 5.98. The largest absolute Gasteiger partial charge is 0.337 e. The maximum absolute atomic E-state index is 12.9. The molecule has 0 bridgehead atoms. The molecule has 1 N–H and O–H groups in total. The number of alkyl halides is 2. The van der Waals surface area contributed by atoms with Crippen LogP contribution < -0.4 is 4.90 Å². The highest BCUT2D eigenvalue weighted by Gasteiger charge is 2.28. The van der Waals surface area contributed by atoms with Gasteiger partial charge in [0.1, 0.15) is 0 Å². The summed E-state index contributed by atoms with van der Waals surface area (Å²) in [5.74, 6) is -0.475. The number of carbonyl (C=O) groups excluding carboxylic acids is 2. The number of aromatic amines is 1. The summed E-state index contributed by atoms with van der Waals surface area (Å²) in [6.07, 6.45) is -1.81. The number of para-hydroxylation sites is 1. The molecular weight excluding hydrogens is 416 g/mol. The first-order valence-corrected chi connectivity index (χ1v) is 10.7. The highest BCUT2D eigenvalue weighted by atomic mass is 19.3. The van der Waals surface area contributed by atoms with Crippen molar-refractivity contribution in [3.63, 3.8) is 0 Å². The summed E-state index contributed by atoms with van der Waals surface area (Å²) in [7, 11) is 0. The predicted octanol–water partition coefficient (Wildman–Crippen LogP) is 2.85. The number of rotatable bonds is 4. The molecule has 32 heavy (non-hydrogen) atoms. The van der Waals surface area contributed by atoms with Gasteiger partial charge in [0.05, 0.1) is 17.6 Å². The number of nitrogens with zero attached hydrogens (tertiary/aromatic N) is 4. The van der Waals surface area contributed by atoms with Crippen molar-refractivity contribution in [3.8, 4) is 0 Å². The van der Waals surface area contributed by atoms with Gasteiger partial charge in [0.2, 0.25) is 5.91 Å². The monoisotopic (exact) mass is 439 g/mol. The van der Waals surface area contributed by atoms with E-state index in [0.717, 1.165) is 12.1 Å². The molecule has 0 radical (unpaired) electrons. The first-order valence-electron chi connectivity index (χ1n) is 10.7. The summed E-state index contributed by atoms with van der Waals surface area (Å²) >= 11 is 0. The minimum absolute atomic E-state index is 0.0780. The van der Waals surface area contributed by atoms with Gasteiger partial charge in [-0.3, -0.25) is 14.5 Å². The summed E-state index contributed by atoms with van der Waals surface area (Å²) < 4.78 is 25.7. The fourth-order valence-corrected chi connectivity index (χ4v) is 4.43. The molecule has 2 amide bonds. The number of halogens is 2. The molecule has 7 nitrogen and oxygen atoms in total. The molecule has 5 rings (SSSR count). The summed E-state index contributed by atoms with van der Waals surface area (Å²) in [6.45, 7) is 3.26. The lowest BCUT2D eigenvalue weighted by atomic mass is 10.1. The molecule has 0 unspecified atom stereocenters. The molecule has 3 heterocycles. The van der Waals surface area contributed by atoms with Crippen LogP contribution >= 0.6 is 0 Å². The quantitative estimate of drug-likeness (QED) is 0.679. The van der Waals surface area contributed by atoms with Crippen LogP contribution in [0, 0.1) is 0 Å². The van der Waals surface area contributed by atoms with Gasteiger partial charge in [-0.15, -0.1) is 0 Å². The van der Waals surface area contributed by atoms with Gasteiger partial charge in [-0.2, -0.15) is 0 Å². The number of benzene rings is 2. The van der Waals surface area contributed by atoms with Crippen molar-refractivity contribution in [2.75, 3.05) is 44.2 Å². The van der Waals surface area contributed by atoms with Crippen LogP contribution in [0.25, 0.3) is 11.0 Å². The van der Waals surface area contributed by atoms with E-state index in [1.807, 2.05) is 23.1 Å². The molecule has 1 fully saturated rings. The first kappa shape index (κ1) is 20.6. The lowest BCUT2D eigenvalue weighted by molar-refractivity contribution is -0.120. The third-order valence-electron chi connectivity index (χ3n) is 6.16. The third kappa shape index (κ3) is 3.84. The van der Waals surface area contributed by atoms with Crippen molar-refractivity contribution in [3.05, 3.63) is 59.4 Å². The van der Waals surface area contributed by atoms with Crippen LogP contribution in [0.5, 0.6) is 0 Å². The molecule has 0 spiro atoms. The minimum Gasteiger partial charge on any atom is -0.337 e. The van der Waals surface area contributed by atoms with Crippen molar-refractivity contribution >= 4 is 28.5 Å². The standard InChI is InChI=1S/C23H23F2N5O2/c24-21(25)22-26-17-6-5-16(13-18(17)27-22)23(32)29-11-9-28(10-12-29)14-20(31)30-8-7-15-3-1-2-4-19(15)30/h1-6,13,21H,7-12,14H2,(H,26,27). The van der Waals surface area contributed by atoms with Gasteiger partial charge in [-0.1, -0.05) is 18.2 Å². The SMILES string of the molecule is O=C(c1ccc2nc(C(F)F)[nH]c2c1)N1CCN(CC(=O)N2CCc3ccccc32)CC1. The van der Waals surface area contributed by atoms with Gasteiger partial charge in [0.15, 0.2) is 5.82 Å². The minimum atomic E-state index is -2.69. The third-order valence-corrected chi connectivity index (χ3v) is 6.16. The fourth-order valence-electron chi connectivity index (χ4n) is 4.43. The van der Waals surface area contributed by atoms with E-state index in [2.05, 4.69) is 20.9 Å². The van der Waals surface area contributed by atoms with Gasteiger partial charge in [0, 0.05) is 44.0 Å². The van der Waals surface area contributed by atoms with Crippen LogP contribution in [0.15, 0.2) is 42.5 Å². The Morgan fingerprint density at radius 2 is 1.81 bits per heavy atom. The Labute approximate surface area is 183 Å². The number of aromatic nitrogens is 2. The molecule has 3 aromatic rings. The van der Waals surface area contributed by atoms with Crippen molar-refractivity contribution in [1.29, 1.82) is 0 Å². The van der Waals surface area contributed by atoms with Crippen LogP contribution in [0.2, 0.25) is 0 Å². The summed E-state index contributed by atoms with van der Waals surface area (Å²) in [4.78, 5) is 37.8. The van der Waals surface area contributed by atoms with E-state index in [0.29, 0.717) is 55.9 Å². The number of H-pyrrole nitrogens is 1. The zero-order chi connectivity index (χ0) is 22.2. The van der Waals surface area contributed by atoms with Crippen LogP contribution in [0.3, 0.4) is 0 Å². The maximum atomic E-state index is 12.9. The van der Waals surface area contributed by atoms with Gasteiger partial charge in [-0.05, 0) is 36.2 Å². The molecule has 0 saturated carbocycles. The molecule has 2 aromatic carbocycles. The zero-order valence-electron chi connectivity index (χ0n) is 17.4. The normalized spacial score (nSPS) is 16.7. The average Bonchev–Trinajstić information content (AvgIpc) is 3.43. The molecule has 166 valence electrons. The van der Waals surface area contributed by atoms with E-state index in [4.69, 9.17) is 0 Å². The van der Waals surface area contributed by atoms with Gasteiger partial charge < -0.3 is 14.8 Å². The number of piperazine rings is 1. The molecule has 0 aliphatic carbocycles. The topological polar surface area (TPSA) is 72.5 Å². The lowest BCUT2D eigenvalue weighted by Gasteiger charge is -2.35. The van der Waals surface area contributed by atoms with Crippen LogP contribution in [-0.4, -0.2) is 70.9 Å². The number of fused-ring (bicyclic) bond motifs is 2. The number of nitrogens with one attached hydrogen (secondary N) is 1. The molecule has 2 aliphatic rings. The second-order valence-electron chi connectivity index (χ2n) is 8.15. The predicted molar refractivity (Wildman–Crippen MR) is 116 cm³/mol. The van der Waals surface area contributed by atoms with Gasteiger partial charge in [0.25, 0.3) is 12.3 Å². The fraction of sp³-hybridized carbons (Fsp3) is 0.348. The smallest absolute Gasteiger partial charge is 0.295 e. The van der Waals surface area contributed by atoms with Crippen LogP contribution in [-0.2, 0) is 11.2 Å². The molecule has 1 saturated heterocycles. The van der Waals surface area contributed by atoms with Crippen molar-refractivity contribution in [1.82, 2.24) is 19.8 Å². The Hall–Kier alpha value is -3.33. The van der Waals surface area contributed by atoms with Crippen molar-refractivity contribution in [2.24, 2.45) is 0 Å². The number of hydrogen-bond donors (Lipinski definition) is 1. The number of anilines is 1. The first-order chi connectivity index (χ1) is 15.5. The molecular formula is C23H23F2N5O2. The average molecular weight is 439 g/mol. The second-order valence-corrected chi connectivity index (χ2v) is 8.15. The van der Waals surface area contributed by atoms with E-state index in [1.165, 1.54) is 5.56 Å². The zero-order valence-corrected chi connectivity index (χ0v) is 17.4. The number of hydrogen-bond acceptors (Lipinski definition) is 4. The van der Waals surface area contributed by atoms with Crippen molar-refractivity contribution in [2.45, 2.75) is 12.8 Å². The summed E-state index contributed by atoms with van der Waals surface area (Å²) in [6, 6.07) is 12.7. The van der Waals surface area contributed by atoms with E-state index >= 15 is 0 Å².